The molecule has 0 bridgehead atoms. The highest BCUT2D eigenvalue weighted by atomic mass is 19.1. The molecule has 3 aromatic carbocycles. The topological polar surface area (TPSA) is 101 Å². The van der Waals surface area contributed by atoms with E-state index in [9.17, 15) is 4.79 Å². The Balaban J connectivity index is 1.23. The first-order valence-electron chi connectivity index (χ1n) is 14.4. The fraction of sp³-hybridized carbons (Fsp3) is 0.273. The predicted molar refractivity (Wildman–Crippen MR) is 163 cm³/mol. The van der Waals surface area contributed by atoms with Crippen molar-refractivity contribution in [2.45, 2.75) is 31.3 Å². The molecule has 1 amide bonds. The van der Waals surface area contributed by atoms with Gasteiger partial charge in [0.25, 0.3) is 0 Å². The molecule has 1 aromatic heterocycles. The van der Waals surface area contributed by atoms with Gasteiger partial charge < -0.3 is 25.0 Å². The fourth-order valence-corrected chi connectivity index (χ4v) is 6.33. The van der Waals surface area contributed by atoms with E-state index in [4.69, 9.17) is 19.5 Å². The molecular weight excluding hydrogens is 547 g/mol. The van der Waals surface area contributed by atoms with Crippen LogP contribution >= 0.6 is 0 Å². The number of carbonyl (C=O) groups is 1. The Kier molecular flexibility index (Phi) is 6.78. The average molecular weight is 579 g/mol. The van der Waals surface area contributed by atoms with Gasteiger partial charge in [0.2, 0.25) is 11.9 Å². The third-order valence-corrected chi connectivity index (χ3v) is 8.52. The van der Waals surface area contributed by atoms with Gasteiger partial charge in [0.1, 0.15) is 22.9 Å². The number of nitrogens with zero attached hydrogens (tertiary/aromatic N) is 4. The van der Waals surface area contributed by atoms with Crippen molar-refractivity contribution in [2.75, 3.05) is 37.5 Å². The van der Waals surface area contributed by atoms with Crippen molar-refractivity contribution in [1.29, 1.82) is 0 Å². The Morgan fingerprint density at radius 1 is 1.02 bits per heavy atom. The molecule has 0 aliphatic carbocycles. The zero-order chi connectivity index (χ0) is 29.6. The first kappa shape index (κ1) is 27.0. The predicted octanol–water partition coefficient (Wildman–Crippen LogP) is 5.25. The van der Waals surface area contributed by atoms with E-state index in [1.165, 1.54) is 13.2 Å². The molecule has 3 aliphatic rings. The largest absolute Gasteiger partial charge is 0.497 e. The molecule has 1 unspecified atom stereocenters. The first-order valence-corrected chi connectivity index (χ1v) is 14.4. The maximum atomic E-state index is 15.3. The number of ether oxygens (including phenoxy) is 2. The van der Waals surface area contributed by atoms with Gasteiger partial charge in [0.05, 0.1) is 37.7 Å². The second-order valence-corrected chi connectivity index (χ2v) is 11.0. The van der Waals surface area contributed by atoms with Gasteiger partial charge in [-0.25, -0.2) is 14.4 Å². The minimum Gasteiger partial charge on any atom is -0.497 e. The van der Waals surface area contributed by atoms with E-state index in [1.54, 1.807) is 25.4 Å². The molecule has 2 N–H and O–H groups in total. The molecule has 218 valence electrons. The summed E-state index contributed by atoms with van der Waals surface area (Å²) in [7, 11) is 3.10. The van der Waals surface area contributed by atoms with Gasteiger partial charge in [-0.05, 0) is 74.3 Å². The summed E-state index contributed by atoms with van der Waals surface area (Å²) < 4.78 is 26.3. The number of benzene rings is 3. The summed E-state index contributed by atoms with van der Waals surface area (Å²) in [6.45, 7) is 1.81. The van der Waals surface area contributed by atoms with Crippen molar-refractivity contribution >= 4 is 28.9 Å². The van der Waals surface area contributed by atoms with E-state index in [0.29, 0.717) is 41.0 Å². The smallest absolute Gasteiger partial charge is 0.247 e. The number of hydrogen-bond donors (Lipinski definition) is 2. The van der Waals surface area contributed by atoms with E-state index >= 15 is 4.39 Å². The SMILES string of the molecule is COc1ccc2c(c1)C(c1c(F)cccc1OC)=NCc1cnc(Nc3cccc(N4CCC5(CCCN5)C4=O)c3)nc1-2. The molecule has 7 rings (SSSR count). The third kappa shape index (κ3) is 4.67. The lowest BCUT2D eigenvalue weighted by molar-refractivity contribution is -0.122. The highest BCUT2D eigenvalue weighted by Crippen LogP contribution is 2.38. The monoisotopic (exact) mass is 578 g/mol. The van der Waals surface area contributed by atoms with E-state index in [0.717, 1.165) is 48.3 Å². The number of nitrogens with one attached hydrogen (secondary N) is 2. The lowest BCUT2D eigenvalue weighted by atomic mass is 9.94. The number of anilines is 3. The van der Waals surface area contributed by atoms with Crippen molar-refractivity contribution in [3.05, 3.63) is 89.4 Å². The highest BCUT2D eigenvalue weighted by Gasteiger charge is 2.48. The van der Waals surface area contributed by atoms with Crippen LogP contribution in [0, 0.1) is 5.82 Å². The number of fused-ring (bicyclic) bond motifs is 3. The molecule has 9 nitrogen and oxygen atoms in total. The third-order valence-electron chi connectivity index (χ3n) is 8.52. The van der Waals surface area contributed by atoms with Gasteiger partial charge in [-0.1, -0.05) is 12.1 Å². The molecule has 2 saturated heterocycles. The Morgan fingerprint density at radius 2 is 1.91 bits per heavy atom. The molecular formula is C33H31FN6O3. The van der Waals surface area contributed by atoms with Crippen molar-refractivity contribution in [2.24, 2.45) is 4.99 Å². The molecule has 4 heterocycles. The Hall–Kier alpha value is -4.83. The van der Waals surface area contributed by atoms with E-state index in [1.807, 2.05) is 47.4 Å². The molecule has 4 aromatic rings. The number of rotatable bonds is 6. The molecule has 1 spiro atoms. The van der Waals surface area contributed by atoms with Gasteiger partial charge in [0.15, 0.2) is 0 Å². The average Bonchev–Trinajstić information content (AvgIpc) is 3.60. The van der Waals surface area contributed by atoms with E-state index < -0.39 is 11.4 Å². The number of amides is 1. The van der Waals surface area contributed by atoms with Crippen LogP contribution in [0.1, 0.15) is 36.0 Å². The number of halogens is 1. The van der Waals surface area contributed by atoms with Gasteiger partial charge >= 0.3 is 0 Å². The van der Waals surface area contributed by atoms with E-state index in [2.05, 4.69) is 15.6 Å². The van der Waals surface area contributed by atoms with Crippen LogP contribution in [0.5, 0.6) is 11.5 Å². The maximum Gasteiger partial charge on any atom is 0.247 e. The molecule has 3 aliphatic heterocycles. The van der Waals surface area contributed by atoms with Crippen LogP contribution in [0.15, 0.2) is 71.9 Å². The van der Waals surface area contributed by atoms with Gasteiger partial charge in [-0.2, -0.15) is 0 Å². The van der Waals surface area contributed by atoms with Crippen LogP contribution in [-0.4, -0.2) is 54.4 Å². The van der Waals surface area contributed by atoms with Crippen molar-refractivity contribution in [3.8, 4) is 22.8 Å². The van der Waals surface area contributed by atoms with Crippen LogP contribution in [0.3, 0.4) is 0 Å². The summed E-state index contributed by atoms with van der Waals surface area (Å²) in [4.78, 5) is 29.5. The number of hydrogen-bond acceptors (Lipinski definition) is 8. The van der Waals surface area contributed by atoms with Crippen molar-refractivity contribution < 1.29 is 18.7 Å². The summed E-state index contributed by atoms with van der Waals surface area (Å²) in [6, 6.07) is 18.1. The number of aromatic nitrogens is 2. The van der Waals surface area contributed by atoms with Crippen LogP contribution < -0.4 is 25.0 Å². The quantitative estimate of drug-likeness (QED) is 0.322. The molecule has 0 radical (unpaired) electrons. The molecule has 10 heteroatoms. The van der Waals surface area contributed by atoms with Crippen molar-refractivity contribution in [1.82, 2.24) is 15.3 Å². The standard InChI is InChI=1S/C33H31FN6O3/c1-42-23-10-11-24-25(17-23)30(28-26(34)8-4-9-27(28)43-2)35-18-20-19-36-32(39-29(20)24)38-21-6-3-7-22(16-21)40-15-13-33(31(40)41)12-5-14-37-33/h3-4,6-11,16-17,19,37H,5,12-15,18H2,1-2H3,(H,36,38,39). The van der Waals surface area contributed by atoms with Crippen LogP contribution in [-0.2, 0) is 11.3 Å². The summed E-state index contributed by atoms with van der Waals surface area (Å²) >= 11 is 0. The molecule has 2 fully saturated rings. The minimum atomic E-state index is -0.433. The molecule has 43 heavy (non-hydrogen) atoms. The van der Waals surface area contributed by atoms with Gasteiger partial charge in [0, 0.05) is 40.8 Å². The summed E-state index contributed by atoms with van der Waals surface area (Å²) in [6.07, 6.45) is 4.45. The van der Waals surface area contributed by atoms with Crippen molar-refractivity contribution in [3.63, 3.8) is 0 Å². The molecule has 1 atom stereocenters. The second-order valence-electron chi connectivity index (χ2n) is 11.0. The molecule has 0 saturated carbocycles. The number of carbonyl (C=O) groups excluding carboxylic acids is 1. The number of aliphatic imine (C=N–C) groups is 1. The Labute approximate surface area is 248 Å². The van der Waals surface area contributed by atoms with Crippen LogP contribution in [0.4, 0.5) is 21.7 Å². The summed E-state index contributed by atoms with van der Waals surface area (Å²) in [5, 5.41) is 6.76. The summed E-state index contributed by atoms with van der Waals surface area (Å²) in [5.41, 5.74) is 4.84. The fourth-order valence-electron chi connectivity index (χ4n) is 6.33. The highest BCUT2D eigenvalue weighted by molar-refractivity contribution is 6.18. The van der Waals surface area contributed by atoms with Crippen LogP contribution in [0.25, 0.3) is 11.3 Å². The minimum absolute atomic E-state index is 0.137. The lowest BCUT2D eigenvalue weighted by Gasteiger charge is -2.23. The van der Waals surface area contributed by atoms with E-state index in [-0.39, 0.29) is 18.0 Å². The Morgan fingerprint density at radius 3 is 2.72 bits per heavy atom. The number of methoxy groups -OCH3 is 2. The second kappa shape index (κ2) is 10.8. The normalized spacial score (nSPS) is 19.1. The van der Waals surface area contributed by atoms with Gasteiger partial charge in [-0.15, -0.1) is 0 Å². The van der Waals surface area contributed by atoms with Gasteiger partial charge in [-0.3, -0.25) is 9.79 Å². The summed E-state index contributed by atoms with van der Waals surface area (Å²) in [5.74, 6) is 1.10. The zero-order valence-corrected chi connectivity index (χ0v) is 24.0. The van der Waals surface area contributed by atoms with Crippen LogP contribution in [0.2, 0.25) is 0 Å². The lowest BCUT2D eigenvalue weighted by Crippen LogP contribution is -2.47. The first-order chi connectivity index (χ1) is 21.0. The maximum absolute atomic E-state index is 15.3. The Bertz CT molecular complexity index is 1770. The zero-order valence-electron chi connectivity index (χ0n) is 24.0.